The summed E-state index contributed by atoms with van der Waals surface area (Å²) < 4.78 is 5.66. The zero-order chi connectivity index (χ0) is 20.4. The number of nitrogens with one attached hydrogen (secondary N) is 1. The molecule has 0 unspecified atom stereocenters. The van der Waals surface area contributed by atoms with Gasteiger partial charge in [0.15, 0.2) is 11.5 Å². The molecule has 1 heterocycles. The molecule has 0 saturated carbocycles. The van der Waals surface area contributed by atoms with Gasteiger partial charge >= 0.3 is 6.03 Å². The molecule has 3 rings (SSSR count). The molecule has 28 heavy (non-hydrogen) atoms. The van der Waals surface area contributed by atoms with Crippen LogP contribution >= 0.6 is 15.9 Å². The molecule has 1 saturated heterocycles. The predicted octanol–water partition coefficient (Wildman–Crippen LogP) is 2.93. The molecule has 0 spiro atoms. The number of phenolic OH excluding ortho intramolecular Hbond substituents is 2. The number of imide groups is 2. The number of anilines is 1. The zero-order valence-electron chi connectivity index (χ0n) is 14.6. The van der Waals surface area contributed by atoms with Crippen molar-refractivity contribution in [2.75, 3.05) is 11.5 Å². The van der Waals surface area contributed by atoms with Gasteiger partial charge in [0.05, 0.1) is 16.8 Å². The highest BCUT2D eigenvalue weighted by atomic mass is 79.9. The number of carbonyl (C=O) groups is 3. The number of benzene rings is 2. The van der Waals surface area contributed by atoms with Crippen LogP contribution in [0.25, 0.3) is 6.08 Å². The summed E-state index contributed by atoms with van der Waals surface area (Å²) in [6.45, 7) is 2.06. The Hall–Kier alpha value is -3.33. The minimum absolute atomic E-state index is 0.0298. The van der Waals surface area contributed by atoms with Gasteiger partial charge in [-0.1, -0.05) is 0 Å². The Balaban J connectivity index is 2.03. The Morgan fingerprint density at radius 3 is 2.46 bits per heavy atom. The van der Waals surface area contributed by atoms with Gasteiger partial charge in [-0.2, -0.15) is 0 Å². The SMILES string of the molecule is CCOc1cc(/C=C2/C(=O)NC(=O)N(c3ccc(O)cc3)C2=O)cc(Br)c1O. The first kappa shape index (κ1) is 19.4. The van der Waals surface area contributed by atoms with Crippen LogP contribution in [0.1, 0.15) is 12.5 Å². The molecule has 8 nitrogen and oxygen atoms in total. The first-order valence-electron chi connectivity index (χ1n) is 8.17. The third-order valence-electron chi connectivity index (χ3n) is 3.87. The fourth-order valence-electron chi connectivity index (χ4n) is 2.60. The van der Waals surface area contributed by atoms with Crippen LogP contribution in [0.5, 0.6) is 17.2 Å². The van der Waals surface area contributed by atoms with E-state index < -0.39 is 17.8 Å². The van der Waals surface area contributed by atoms with Crippen molar-refractivity contribution in [1.29, 1.82) is 0 Å². The molecule has 0 bridgehead atoms. The third-order valence-corrected chi connectivity index (χ3v) is 4.48. The molecular weight excluding hydrogens is 432 g/mol. The molecule has 1 aliphatic rings. The number of amides is 4. The van der Waals surface area contributed by atoms with Crippen molar-refractivity contribution in [3.8, 4) is 17.2 Å². The number of urea groups is 1. The van der Waals surface area contributed by atoms with E-state index in [-0.39, 0.29) is 28.5 Å². The van der Waals surface area contributed by atoms with E-state index in [4.69, 9.17) is 4.74 Å². The Kier molecular flexibility index (Phi) is 5.36. The summed E-state index contributed by atoms with van der Waals surface area (Å²) in [6.07, 6.45) is 1.30. The number of hydrogen-bond donors (Lipinski definition) is 3. The summed E-state index contributed by atoms with van der Waals surface area (Å²) in [6, 6.07) is 7.49. The smallest absolute Gasteiger partial charge is 0.335 e. The van der Waals surface area contributed by atoms with Crippen molar-refractivity contribution in [3.63, 3.8) is 0 Å². The van der Waals surface area contributed by atoms with Crippen LogP contribution in [0.2, 0.25) is 0 Å². The largest absolute Gasteiger partial charge is 0.508 e. The number of ether oxygens (including phenoxy) is 1. The Morgan fingerprint density at radius 2 is 1.82 bits per heavy atom. The lowest BCUT2D eigenvalue weighted by Crippen LogP contribution is -2.54. The number of rotatable bonds is 4. The van der Waals surface area contributed by atoms with Crippen molar-refractivity contribution >= 4 is 45.5 Å². The highest BCUT2D eigenvalue weighted by Crippen LogP contribution is 2.36. The average molecular weight is 447 g/mol. The van der Waals surface area contributed by atoms with Crippen LogP contribution in [-0.4, -0.2) is 34.7 Å². The van der Waals surface area contributed by atoms with Gasteiger partial charge < -0.3 is 14.9 Å². The van der Waals surface area contributed by atoms with E-state index in [2.05, 4.69) is 21.2 Å². The Labute approximate surface area is 168 Å². The summed E-state index contributed by atoms with van der Waals surface area (Å²) >= 11 is 3.19. The van der Waals surface area contributed by atoms with Crippen LogP contribution < -0.4 is 15.0 Å². The van der Waals surface area contributed by atoms with Gasteiger partial charge in [0, 0.05) is 0 Å². The summed E-state index contributed by atoms with van der Waals surface area (Å²) in [4.78, 5) is 38.0. The first-order chi connectivity index (χ1) is 13.3. The molecule has 1 fully saturated rings. The molecule has 144 valence electrons. The lowest BCUT2D eigenvalue weighted by molar-refractivity contribution is -0.122. The fourth-order valence-corrected chi connectivity index (χ4v) is 3.06. The molecule has 3 N–H and O–H groups in total. The van der Waals surface area contributed by atoms with Gasteiger partial charge in [-0.25, -0.2) is 9.69 Å². The fraction of sp³-hybridized carbons (Fsp3) is 0.105. The molecule has 2 aromatic rings. The van der Waals surface area contributed by atoms with Gasteiger partial charge in [-0.3, -0.25) is 14.9 Å². The molecule has 2 aromatic carbocycles. The lowest BCUT2D eigenvalue weighted by atomic mass is 10.1. The van der Waals surface area contributed by atoms with Crippen molar-refractivity contribution in [1.82, 2.24) is 5.32 Å². The van der Waals surface area contributed by atoms with Crippen LogP contribution in [0, 0.1) is 0 Å². The second kappa shape index (κ2) is 7.73. The molecule has 9 heteroatoms. The molecule has 1 aliphatic heterocycles. The minimum Gasteiger partial charge on any atom is -0.508 e. The van der Waals surface area contributed by atoms with Crippen LogP contribution in [0.15, 0.2) is 46.4 Å². The van der Waals surface area contributed by atoms with Crippen LogP contribution in [0.3, 0.4) is 0 Å². The maximum atomic E-state index is 12.8. The van der Waals surface area contributed by atoms with E-state index in [0.29, 0.717) is 16.6 Å². The third kappa shape index (κ3) is 3.70. The van der Waals surface area contributed by atoms with E-state index in [9.17, 15) is 24.6 Å². The number of aromatic hydroxyl groups is 2. The van der Waals surface area contributed by atoms with Crippen molar-refractivity contribution in [2.45, 2.75) is 6.92 Å². The lowest BCUT2D eigenvalue weighted by Gasteiger charge is -2.26. The molecule has 0 aromatic heterocycles. The van der Waals surface area contributed by atoms with Gasteiger partial charge in [0.2, 0.25) is 0 Å². The number of barbiturate groups is 1. The molecule has 0 radical (unpaired) electrons. The van der Waals surface area contributed by atoms with E-state index in [1.807, 2.05) is 0 Å². The van der Waals surface area contributed by atoms with Gasteiger partial charge in [-0.05, 0) is 70.9 Å². The maximum Gasteiger partial charge on any atom is 0.335 e. The monoisotopic (exact) mass is 446 g/mol. The summed E-state index contributed by atoms with van der Waals surface area (Å²) in [5.41, 5.74) is 0.333. The summed E-state index contributed by atoms with van der Waals surface area (Å²) in [5, 5.41) is 21.5. The highest BCUT2D eigenvalue weighted by molar-refractivity contribution is 9.10. The topological polar surface area (TPSA) is 116 Å². The number of carbonyl (C=O) groups excluding carboxylic acids is 3. The molecular formula is C19H15BrN2O6. The number of halogens is 1. The van der Waals surface area contributed by atoms with Gasteiger partial charge in [0.25, 0.3) is 11.8 Å². The Bertz CT molecular complexity index is 1000. The molecule has 0 atom stereocenters. The van der Waals surface area contributed by atoms with Gasteiger partial charge in [0.1, 0.15) is 11.3 Å². The number of nitrogens with zero attached hydrogens (tertiary/aromatic N) is 1. The highest BCUT2D eigenvalue weighted by Gasteiger charge is 2.36. The van der Waals surface area contributed by atoms with E-state index in [0.717, 1.165) is 4.90 Å². The Morgan fingerprint density at radius 1 is 1.14 bits per heavy atom. The maximum absolute atomic E-state index is 12.8. The first-order valence-corrected chi connectivity index (χ1v) is 8.97. The van der Waals surface area contributed by atoms with E-state index in [1.165, 1.54) is 42.5 Å². The molecule has 0 aliphatic carbocycles. The van der Waals surface area contributed by atoms with Gasteiger partial charge in [-0.15, -0.1) is 0 Å². The van der Waals surface area contributed by atoms with Crippen molar-refractivity contribution in [3.05, 3.63) is 52.0 Å². The van der Waals surface area contributed by atoms with E-state index >= 15 is 0 Å². The zero-order valence-corrected chi connectivity index (χ0v) is 16.2. The molecule has 4 amide bonds. The standard InChI is InChI=1S/C19H15BrN2O6/c1-2-28-15-9-10(8-14(20)16(15)24)7-13-17(25)21-19(27)22(18(13)26)11-3-5-12(23)6-4-11/h3-9,23-24H,2H2,1H3,(H,21,25,27)/b13-7-. The normalized spacial score (nSPS) is 15.7. The summed E-state index contributed by atoms with van der Waals surface area (Å²) in [7, 11) is 0. The number of hydrogen-bond acceptors (Lipinski definition) is 6. The second-order valence-electron chi connectivity index (χ2n) is 5.76. The summed E-state index contributed by atoms with van der Waals surface area (Å²) in [5.74, 6) is -1.62. The number of phenols is 2. The van der Waals surface area contributed by atoms with Crippen LogP contribution in [0.4, 0.5) is 10.5 Å². The van der Waals surface area contributed by atoms with E-state index in [1.54, 1.807) is 6.92 Å². The van der Waals surface area contributed by atoms with Crippen molar-refractivity contribution < 1.29 is 29.3 Å². The minimum atomic E-state index is -0.889. The second-order valence-corrected chi connectivity index (χ2v) is 6.61. The van der Waals surface area contributed by atoms with Crippen molar-refractivity contribution in [2.24, 2.45) is 0 Å². The predicted molar refractivity (Wildman–Crippen MR) is 104 cm³/mol. The average Bonchev–Trinajstić information content (AvgIpc) is 2.64. The van der Waals surface area contributed by atoms with Crippen LogP contribution in [-0.2, 0) is 9.59 Å². The quantitative estimate of drug-likeness (QED) is 0.491.